The Kier molecular flexibility index (Phi) is 4.60. The minimum Gasteiger partial charge on any atom is -0.504 e. The van der Waals surface area contributed by atoms with Crippen molar-refractivity contribution in [2.24, 2.45) is 5.73 Å². The highest BCUT2D eigenvalue weighted by atomic mass is 32.1. The smallest absolute Gasteiger partial charge is 0.239 e. The maximum Gasteiger partial charge on any atom is 0.239 e. The minimum atomic E-state index is -0.658. The van der Waals surface area contributed by atoms with Crippen LogP contribution in [0, 0.1) is 0 Å². The van der Waals surface area contributed by atoms with Gasteiger partial charge in [0, 0.05) is 11.4 Å². The summed E-state index contributed by atoms with van der Waals surface area (Å²) in [5.74, 6) is -0.157. The number of carbonyl (C=O) groups is 1. The van der Waals surface area contributed by atoms with Gasteiger partial charge in [-0.2, -0.15) is 0 Å². The number of methoxy groups -OCH3 is 1. The Morgan fingerprint density at radius 2 is 2.30 bits per heavy atom. The number of benzene rings is 1. The molecule has 1 atom stereocenters. The van der Waals surface area contributed by atoms with Crippen molar-refractivity contribution in [2.45, 2.75) is 12.6 Å². The molecule has 0 aliphatic carbocycles. The lowest BCUT2D eigenvalue weighted by atomic mass is 10.1. The fourth-order valence-electron chi connectivity index (χ4n) is 1.89. The number of phenolic OH excluding ortho intramolecular Hbond substituents is 1. The van der Waals surface area contributed by atoms with E-state index in [4.69, 9.17) is 10.5 Å². The van der Waals surface area contributed by atoms with Gasteiger partial charge in [-0.25, -0.2) is 0 Å². The Labute approximate surface area is 121 Å². The highest BCUT2D eigenvalue weighted by molar-refractivity contribution is 7.09. The first-order valence-electron chi connectivity index (χ1n) is 6.04. The van der Waals surface area contributed by atoms with Crippen molar-refractivity contribution in [1.29, 1.82) is 0 Å². The first kappa shape index (κ1) is 14.4. The fourth-order valence-corrected chi connectivity index (χ4v) is 2.54. The lowest BCUT2D eigenvalue weighted by Gasteiger charge is -2.16. The van der Waals surface area contributed by atoms with Gasteiger partial charge >= 0.3 is 0 Å². The van der Waals surface area contributed by atoms with Crippen molar-refractivity contribution in [3.05, 3.63) is 46.2 Å². The van der Waals surface area contributed by atoms with Gasteiger partial charge in [0.1, 0.15) is 6.04 Å². The van der Waals surface area contributed by atoms with Crippen LogP contribution in [0.15, 0.2) is 35.7 Å². The third kappa shape index (κ3) is 3.28. The molecule has 6 heteroatoms. The van der Waals surface area contributed by atoms with Gasteiger partial charge in [0.2, 0.25) is 5.91 Å². The molecule has 0 aliphatic heterocycles. The Balaban J connectivity index is 2.15. The standard InChI is InChI=1S/C14H16N2O3S/c1-19-12-5-4-9(7-11(12)17)13(14(15)18)16-8-10-3-2-6-20-10/h2-7,13,16-17H,8H2,1H3,(H2,15,18). The molecule has 0 bridgehead atoms. The number of primary amides is 1. The number of rotatable bonds is 6. The number of nitrogens with two attached hydrogens (primary N) is 1. The summed E-state index contributed by atoms with van der Waals surface area (Å²) in [4.78, 5) is 12.7. The second-order valence-electron chi connectivity index (χ2n) is 4.23. The summed E-state index contributed by atoms with van der Waals surface area (Å²) in [5.41, 5.74) is 6.02. The fraction of sp³-hybridized carbons (Fsp3) is 0.214. The number of aromatic hydroxyl groups is 1. The van der Waals surface area contributed by atoms with Crippen molar-refractivity contribution in [2.75, 3.05) is 7.11 Å². The van der Waals surface area contributed by atoms with Gasteiger partial charge in [0.25, 0.3) is 0 Å². The molecule has 1 aromatic heterocycles. The number of hydrogen-bond donors (Lipinski definition) is 3. The minimum absolute atomic E-state index is 0.0193. The van der Waals surface area contributed by atoms with E-state index in [1.165, 1.54) is 13.2 Å². The maximum absolute atomic E-state index is 11.6. The average molecular weight is 292 g/mol. The van der Waals surface area contributed by atoms with Crippen LogP contribution in [0.1, 0.15) is 16.5 Å². The summed E-state index contributed by atoms with van der Waals surface area (Å²) >= 11 is 1.60. The van der Waals surface area contributed by atoms with Gasteiger partial charge in [0.05, 0.1) is 7.11 Å². The van der Waals surface area contributed by atoms with Crippen LogP contribution in [-0.4, -0.2) is 18.1 Å². The largest absolute Gasteiger partial charge is 0.504 e. The van der Waals surface area contributed by atoms with Crippen LogP contribution in [0.2, 0.25) is 0 Å². The molecule has 0 saturated carbocycles. The van der Waals surface area contributed by atoms with E-state index in [9.17, 15) is 9.90 Å². The monoisotopic (exact) mass is 292 g/mol. The molecule has 1 heterocycles. The number of nitrogens with one attached hydrogen (secondary N) is 1. The summed E-state index contributed by atoms with van der Waals surface area (Å²) < 4.78 is 4.97. The average Bonchev–Trinajstić information content (AvgIpc) is 2.92. The first-order chi connectivity index (χ1) is 9.61. The number of phenols is 1. The number of hydrogen-bond acceptors (Lipinski definition) is 5. The Morgan fingerprint density at radius 1 is 1.50 bits per heavy atom. The molecule has 0 aliphatic rings. The highest BCUT2D eigenvalue weighted by Gasteiger charge is 2.18. The lowest BCUT2D eigenvalue weighted by Crippen LogP contribution is -2.33. The molecule has 1 aromatic carbocycles. The van der Waals surface area contributed by atoms with Crippen molar-refractivity contribution in [1.82, 2.24) is 5.32 Å². The zero-order chi connectivity index (χ0) is 14.5. The molecular formula is C14H16N2O3S. The molecule has 1 unspecified atom stereocenters. The maximum atomic E-state index is 11.6. The number of carbonyl (C=O) groups excluding carboxylic acids is 1. The summed E-state index contributed by atoms with van der Waals surface area (Å²) in [7, 11) is 1.47. The third-order valence-electron chi connectivity index (χ3n) is 2.88. The van der Waals surface area contributed by atoms with E-state index >= 15 is 0 Å². The topological polar surface area (TPSA) is 84.6 Å². The van der Waals surface area contributed by atoms with E-state index in [0.29, 0.717) is 17.9 Å². The van der Waals surface area contributed by atoms with Crippen LogP contribution in [-0.2, 0) is 11.3 Å². The molecule has 0 fully saturated rings. The molecular weight excluding hydrogens is 276 g/mol. The van der Waals surface area contributed by atoms with Crippen LogP contribution in [0.4, 0.5) is 0 Å². The van der Waals surface area contributed by atoms with E-state index in [0.717, 1.165) is 4.88 Å². The van der Waals surface area contributed by atoms with E-state index < -0.39 is 11.9 Å². The predicted octanol–water partition coefficient (Wildman–Crippen LogP) is 1.78. The summed E-state index contributed by atoms with van der Waals surface area (Å²) in [5, 5.41) is 14.8. The highest BCUT2D eigenvalue weighted by Crippen LogP contribution is 2.29. The zero-order valence-corrected chi connectivity index (χ0v) is 11.8. The molecule has 0 saturated heterocycles. The Morgan fingerprint density at radius 3 is 2.85 bits per heavy atom. The molecule has 2 aromatic rings. The van der Waals surface area contributed by atoms with Gasteiger partial charge in [-0.3, -0.25) is 10.1 Å². The van der Waals surface area contributed by atoms with Gasteiger partial charge in [-0.1, -0.05) is 12.1 Å². The van der Waals surface area contributed by atoms with Crippen LogP contribution in [0.25, 0.3) is 0 Å². The molecule has 2 rings (SSSR count). The number of thiophene rings is 1. The molecule has 1 amide bonds. The van der Waals surface area contributed by atoms with Crippen LogP contribution in [0.5, 0.6) is 11.5 Å². The molecule has 0 radical (unpaired) electrons. The molecule has 5 nitrogen and oxygen atoms in total. The van der Waals surface area contributed by atoms with Crippen molar-refractivity contribution in [3.8, 4) is 11.5 Å². The summed E-state index contributed by atoms with van der Waals surface area (Å²) in [6.45, 7) is 0.540. The number of amides is 1. The summed E-state index contributed by atoms with van der Waals surface area (Å²) in [6, 6.07) is 8.05. The molecule has 106 valence electrons. The van der Waals surface area contributed by atoms with E-state index in [-0.39, 0.29) is 5.75 Å². The van der Waals surface area contributed by atoms with Crippen LogP contribution in [0.3, 0.4) is 0 Å². The molecule has 0 spiro atoms. The molecule has 20 heavy (non-hydrogen) atoms. The normalized spacial score (nSPS) is 12.1. The van der Waals surface area contributed by atoms with Crippen molar-refractivity contribution in [3.63, 3.8) is 0 Å². The quantitative estimate of drug-likeness (QED) is 0.757. The van der Waals surface area contributed by atoms with Gasteiger partial charge in [-0.15, -0.1) is 11.3 Å². The number of ether oxygens (including phenoxy) is 1. The van der Waals surface area contributed by atoms with E-state index in [1.54, 1.807) is 23.5 Å². The first-order valence-corrected chi connectivity index (χ1v) is 6.91. The predicted molar refractivity (Wildman–Crippen MR) is 77.8 cm³/mol. The van der Waals surface area contributed by atoms with Crippen LogP contribution < -0.4 is 15.8 Å². The van der Waals surface area contributed by atoms with Gasteiger partial charge in [0.15, 0.2) is 11.5 Å². The van der Waals surface area contributed by atoms with Crippen molar-refractivity contribution < 1.29 is 14.6 Å². The second kappa shape index (κ2) is 6.40. The zero-order valence-electron chi connectivity index (χ0n) is 11.0. The SMILES string of the molecule is COc1ccc(C(NCc2cccs2)C(N)=O)cc1O. The van der Waals surface area contributed by atoms with Gasteiger partial charge in [-0.05, 0) is 29.1 Å². The van der Waals surface area contributed by atoms with Crippen molar-refractivity contribution >= 4 is 17.2 Å². The van der Waals surface area contributed by atoms with E-state index in [1.807, 2.05) is 17.5 Å². The Hall–Kier alpha value is -2.05. The second-order valence-corrected chi connectivity index (χ2v) is 5.26. The van der Waals surface area contributed by atoms with Gasteiger partial charge < -0.3 is 15.6 Å². The Bertz CT molecular complexity index is 584. The summed E-state index contributed by atoms with van der Waals surface area (Å²) in [6.07, 6.45) is 0. The molecule has 4 N–H and O–H groups in total. The third-order valence-corrected chi connectivity index (χ3v) is 3.76. The van der Waals surface area contributed by atoms with Crippen LogP contribution >= 0.6 is 11.3 Å². The van der Waals surface area contributed by atoms with E-state index in [2.05, 4.69) is 5.32 Å². The lowest BCUT2D eigenvalue weighted by molar-refractivity contribution is -0.120.